The molecule has 0 saturated carbocycles. The smallest absolute Gasteiger partial charge is 0.0521 e. The Morgan fingerprint density at radius 3 is 2.33 bits per heavy atom. The van der Waals surface area contributed by atoms with E-state index in [2.05, 4.69) is 56.5 Å². The van der Waals surface area contributed by atoms with Crippen molar-refractivity contribution < 1.29 is 0 Å². The summed E-state index contributed by atoms with van der Waals surface area (Å²) < 4.78 is 0. The fraction of sp³-hybridized carbons (Fsp3) is 0.273. The summed E-state index contributed by atoms with van der Waals surface area (Å²) in [7, 11) is 0. The zero-order chi connectivity index (χ0) is 8.97. The fourth-order valence-electron chi connectivity index (χ4n) is 1.14. The molecule has 0 heterocycles. The fourth-order valence-corrected chi connectivity index (χ4v) is 1.22. The van der Waals surface area contributed by atoms with Crippen molar-refractivity contribution in [2.45, 2.75) is 13.8 Å². The Kier molecular flexibility index (Phi) is 3.25. The summed E-state index contributed by atoms with van der Waals surface area (Å²) in [5, 5.41) is 0. The molecule has 62 valence electrons. The van der Waals surface area contributed by atoms with Crippen LogP contribution in [0.3, 0.4) is 0 Å². The maximum absolute atomic E-state index is 4.05. The van der Waals surface area contributed by atoms with Gasteiger partial charge in [-0.1, -0.05) is 30.0 Å². The van der Waals surface area contributed by atoms with Crippen molar-refractivity contribution in [2.24, 2.45) is 0 Å². The lowest BCUT2D eigenvalue weighted by molar-refractivity contribution is 1.35. The molecule has 1 aromatic rings. The number of hydrogen-bond donors (Lipinski definition) is 1. The van der Waals surface area contributed by atoms with Crippen molar-refractivity contribution in [1.82, 2.24) is 0 Å². The summed E-state index contributed by atoms with van der Waals surface area (Å²) in [6.07, 6.45) is 0. The van der Waals surface area contributed by atoms with E-state index < -0.39 is 0 Å². The number of hydrogen-bond acceptors (Lipinski definition) is 1. The van der Waals surface area contributed by atoms with Gasteiger partial charge >= 0.3 is 0 Å². The molecule has 0 spiro atoms. The maximum Gasteiger partial charge on any atom is 0.0521 e. The Labute approximate surface area is 79.4 Å². The number of aryl methyl sites for hydroxylation is 2. The third-order valence-electron chi connectivity index (χ3n) is 1.77. The van der Waals surface area contributed by atoms with E-state index in [9.17, 15) is 0 Å². The average Bonchev–Trinajstić information content (AvgIpc) is 2.04. The van der Waals surface area contributed by atoms with Crippen molar-refractivity contribution >= 4 is 12.6 Å². The van der Waals surface area contributed by atoms with Crippen molar-refractivity contribution in [3.63, 3.8) is 0 Å². The maximum atomic E-state index is 4.05. The van der Waals surface area contributed by atoms with Gasteiger partial charge in [-0.2, -0.15) is 12.6 Å². The molecule has 1 heteroatoms. The van der Waals surface area contributed by atoms with Gasteiger partial charge < -0.3 is 0 Å². The van der Waals surface area contributed by atoms with Crippen molar-refractivity contribution in [3.8, 4) is 11.8 Å². The predicted molar refractivity (Wildman–Crippen MR) is 56.6 cm³/mol. The molecule has 0 aliphatic carbocycles. The van der Waals surface area contributed by atoms with Gasteiger partial charge in [-0.15, -0.1) is 0 Å². The minimum Gasteiger partial charge on any atom is -0.166 e. The normalized spacial score (nSPS) is 8.92. The summed E-state index contributed by atoms with van der Waals surface area (Å²) in [5.41, 5.74) is 3.63. The SMILES string of the molecule is Cc1cccc(C)c1C#CCS. The molecule has 0 amide bonds. The van der Waals surface area contributed by atoms with Gasteiger partial charge in [0.25, 0.3) is 0 Å². The molecule has 0 aromatic heterocycles. The van der Waals surface area contributed by atoms with Gasteiger partial charge in [-0.25, -0.2) is 0 Å². The standard InChI is InChI=1S/C11H12S/c1-9-5-3-6-10(2)11(9)7-4-8-12/h3,5-6,12H,8H2,1-2H3. The largest absolute Gasteiger partial charge is 0.166 e. The summed E-state index contributed by atoms with van der Waals surface area (Å²) in [4.78, 5) is 0. The molecule has 1 rings (SSSR count). The van der Waals surface area contributed by atoms with Gasteiger partial charge in [0.2, 0.25) is 0 Å². The van der Waals surface area contributed by atoms with Crippen LogP contribution in [0, 0.1) is 25.7 Å². The van der Waals surface area contributed by atoms with Crippen molar-refractivity contribution in [3.05, 3.63) is 34.9 Å². The molecule has 0 fully saturated rings. The molecule has 0 bridgehead atoms. The molecule has 0 aliphatic rings. The summed E-state index contributed by atoms with van der Waals surface area (Å²) in [5.74, 6) is 6.68. The minimum atomic E-state index is 0.619. The van der Waals surface area contributed by atoms with Gasteiger partial charge in [0.15, 0.2) is 0 Å². The lowest BCUT2D eigenvalue weighted by Crippen LogP contribution is -1.86. The third kappa shape index (κ3) is 2.06. The lowest BCUT2D eigenvalue weighted by atomic mass is 10.0. The monoisotopic (exact) mass is 176 g/mol. The van der Waals surface area contributed by atoms with E-state index in [4.69, 9.17) is 0 Å². The predicted octanol–water partition coefficient (Wildman–Crippen LogP) is 2.58. The Morgan fingerprint density at radius 2 is 1.83 bits per heavy atom. The molecule has 0 saturated heterocycles. The van der Waals surface area contributed by atoms with Crippen LogP contribution in [0.2, 0.25) is 0 Å². The van der Waals surface area contributed by atoms with Gasteiger partial charge in [-0.3, -0.25) is 0 Å². The molecule has 0 nitrogen and oxygen atoms in total. The molecule has 0 unspecified atom stereocenters. The average molecular weight is 176 g/mol. The van der Waals surface area contributed by atoms with Crippen LogP contribution in [0.4, 0.5) is 0 Å². The first-order chi connectivity index (χ1) is 5.75. The zero-order valence-electron chi connectivity index (χ0n) is 7.39. The van der Waals surface area contributed by atoms with E-state index in [-0.39, 0.29) is 0 Å². The van der Waals surface area contributed by atoms with Gasteiger partial charge in [-0.05, 0) is 25.0 Å². The molecule has 1 aromatic carbocycles. The van der Waals surface area contributed by atoms with Crippen LogP contribution in [-0.2, 0) is 0 Å². The molecular formula is C11H12S. The van der Waals surface area contributed by atoms with Crippen molar-refractivity contribution in [1.29, 1.82) is 0 Å². The van der Waals surface area contributed by atoms with E-state index in [0.717, 1.165) is 5.56 Å². The Bertz CT molecular complexity index is 308. The van der Waals surface area contributed by atoms with Crippen LogP contribution >= 0.6 is 12.6 Å². The second kappa shape index (κ2) is 4.23. The van der Waals surface area contributed by atoms with Gasteiger partial charge in [0.1, 0.15) is 0 Å². The first-order valence-corrected chi connectivity index (χ1v) is 4.55. The van der Waals surface area contributed by atoms with Crippen LogP contribution in [0.25, 0.3) is 0 Å². The molecule has 0 N–H and O–H groups in total. The molecule has 12 heavy (non-hydrogen) atoms. The molecule has 0 atom stereocenters. The number of benzene rings is 1. The quantitative estimate of drug-likeness (QED) is 0.456. The lowest BCUT2D eigenvalue weighted by Gasteiger charge is -2.00. The van der Waals surface area contributed by atoms with Crippen LogP contribution in [-0.4, -0.2) is 5.75 Å². The number of thiol groups is 1. The van der Waals surface area contributed by atoms with E-state index in [1.807, 2.05) is 0 Å². The summed E-state index contributed by atoms with van der Waals surface area (Å²) in [6.45, 7) is 4.16. The highest BCUT2D eigenvalue weighted by Crippen LogP contribution is 2.10. The second-order valence-corrected chi connectivity index (χ2v) is 3.04. The Balaban J connectivity index is 3.13. The third-order valence-corrected chi connectivity index (χ3v) is 1.93. The first-order valence-electron chi connectivity index (χ1n) is 3.91. The highest BCUT2D eigenvalue weighted by molar-refractivity contribution is 7.80. The Hall–Kier alpha value is -0.870. The molecular weight excluding hydrogens is 164 g/mol. The highest BCUT2D eigenvalue weighted by atomic mass is 32.1. The Morgan fingerprint density at radius 1 is 1.25 bits per heavy atom. The van der Waals surface area contributed by atoms with E-state index >= 15 is 0 Å². The van der Waals surface area contributed by atoms with Crippen LogP contribution in [0.15, 0.2) is 18.2 Å². The number of rotatable bonds is 0. The topological polar surface area (TPSA) is 0 Å². The van der Waals surface area contributed by atoms with Crippen molar-refractivity contribution in [2.75, 3.05) is 5.75 Å². The second-order valence-electron chi connectivity index (χ2n) is 2.73. The van der Waals surface area contributed by atoms with Gasteiger partial charge in [0, 0.05) is 5.56 Å². The summed E-state index contributed by atoms with van der Waals surface area (Å²) >= 11 is 4.05. The van der Waals surface area contributed by atoms with Crippen LogP contribution in [0.5, 0.6) is 0 Å². The molecule has 0 aliphatic heterocycles. The van der Waals surface area contributed by atoms with Crippen LogP contribution in [0.1, 0.15) is 16.7 Å². The van der Waals surface area contributed by atoms with E-state index in [0.29, 0.717) is 5.75 Å². The van der Waals surface area contributed by atoms with E-state index in [1.165, 1.54) is 11.1 Å². The first kappa shape index (κ1) is 9.22. The van der Waals surface area contributed by atoms with Crippen LogP contribution < -0.4 is 0 Å². The minimum absolute atomic E-state index is 0.619. The summed E-state index contributed by atoms with van der Waals surface area (Å²) in [6, 6.07) is 6.21. The van der Waals surface area contributed by atoms with Gasteiger partial charge in [0.05, 0.1) is 5.75 Å². The zero-order valence-corrected chi connectivity index (χ0v) is 8.28. The molecule has 0 radical (unpaired) electrons. The highest BCUT2D eigenvalue weighted by Gasteiger charge is 1.96. The van der Waals surface area contributed by atoms with E-state index in [1.54, 1.807) is 0 Å².